The van der Waals surface area contributed by atoms with E-state index >= 15 is 0 Å². The SMILES string of the molecule is COc1cc(CNC(=O)c2nc3scc(COCC4COC(C(N)S(C)(=O)=O)CO4)c3c(=O)[nH]2)ccc1F. The molecule has 1 aliphatic rings. The number of amides is 1. The van der Waals surface area contributed by atoms with Crippen molar-refractivity contribution < 1.29 is 36.6 Å². The van der Waals surface area contributed by atoms with E-state index in [0.717, 1.165) is 6.26 Å². The Morgan fingerprint density at radius 1 is 1.37 bits per heavy atom. The molecule has 0 spiro atoms. The Bertz CT molecular complexity index is 1470. The number of nitrogens with two attached hydrogens (primary N) is 1. The summed E-state index contributed by atoms with van der Waals surface area (Å²) in [6.07, 6.45) is -0.133. The van der Waals surface area contributed by atoms with Gasteiger partial charge in [0.15, 0.2) is 21.4 Å². The van der Waals surface area contributed by atoms with Crippen molar-refractivity contribution in [1.29, 1.82) is 0 Å². The Hall–Kier alpha value is -2.95. The van der Waals surface area contributed by atoms with E-state index < -0.39 is 44.7 Å². The van der Waals surface area contributed by atoms with Crippen LogP contribution in [0.4, 0.5) is 4.39 Å². The number of rotatable bonds is 10. The fraction of sp³-hybridized carbons (Fsp3) is 0.435. The molecule has 38 heavy (non-hydrogen) atoms. The molecule has 1 aliphatic heterocycles. The number of aromatic nitrogens is 2. The topological polar surface area (TPSA) is 172 Å². The van der Waals surface area contributed by atoms with Crippen molar-refractivity contribution in [2.24, 2.45) is 5.73 Å². The molecular formula is C23H27FN4O8S2. The fourth-order valence-corrected chi connectivity index (χ4v) is 5.35. The highest BCUT2D eigenvalue weighted by molar-refractivity contribution is 7.91. The Morgan fingerprint density at radius 2 is 2.16 bits per heavy atom. The highest BCUT2D eigenvalue weighted by Crippen LogP contribution is 2.23. The predicted octanol–water partition coefficient (Wildman–Crippen LogP) is 0.692. The van der Waals surface area contributed by atoms with Crippen molar-refractivity contribution in [1.82, 2.24) is 15.3 Å². The van der Waals surface area contributed by atoms with Crippen LogP contribution >= 0.6 is 11.3 Å². The first-order valence-corrected chi connectivity index (χ1v) is 14.3. The molecule has 0 aliphatic carbocycles. The zero-order valence-corrected chi connectivity index (χ0v) is 22.2. The number of hydrogen-bond donors (Lipinski definition) is 3. The van der Waals surface area contributed by atoms with E-state index in [0.29, 0.717) is 21.3 Å². The van der Waals surface area contributed by atoms with Crippen LogP contribution < -0.4 is 21.3 Å². The molecule has 4 rings (SSSR count). The van der Waals surface area contributed by atoms with E-state index in [9.17, 15) is 22.4 Å². The second kappa shape index (κ2) is 11.8. The van der Waals surface area contributed by atoms with E-state index in [2.05, 4.69) is 15.3 Å². The number of methoxy groups -OCH3 is 1. The number of nitrogens with zero attached hydrogens (tertiary/aromatic N) is 1. The number of benzene rings is 1. The van der Waals surface area contributed by atoms with Crippen LogP contribution in [0.1, 0.15) is 21.7 Å². The number of aromatic amines is 1. The van der Waals surface area contributed by atoms with Crippen molar-refractivity contribution in [2.75, 3.05) is 33.2 Å². The van der Waals surface area contributed by atoms with E-state index in [1.807, 2.05) is 0 Å². The summed E-state index contributed by atoms with van der Waals surface area (Å²) in [5.74, 6) is -1.21. The Labute approximate surface area is 221 Å². The van der Waals surface area contributed by atoms with Crippen LogP contribution in [0.15, 0.2) is 28.4 Å². The van der Waals surface area contributed by atoms with Crippen molar-refractivity contribution in [2.45, 2.75) is 30.7 Å². The zero-order chi connectivity index (χ0) is 27.4. The van der Waals surface area contributed by atoms with E-state index in [1.54, 1.807) is 5.38 Å². The van der Waals surface area contributed by atoms with Crippen LogP contribution in [0.5, 0.6) is 5.75 Å². The lowest BCUT2D eigenvalue weighted by molar-refractivity contribution is -0.152. The molecule has 0 bridgehead atoms. The van der Waals surface area contributed by atoms with E-state index in [-0.39, 0.29) is 44.5 Å². The minimum absolute atomic E-state index is 0.0206. The summed E-state index contributed by atoms with van der Waals surface area (Å²) in [5, 5.41) is 3.51. The molecule has 2 aromatic heterocycles. The van der Waals surface area contributed by atoms with Crippen LogP contribution in [0.25, 0.3) is 10.2 Å². The summed E-state index contributed by atoms with van der Waals surface area (Å²) in [7, 11) is -2.11. The lowest BCUT2D eigenvalue weighted by atomic mass is 10.2. The molecule has 4 N–H and O–H groups in total. The van der Waals surface area contributed by atoms with Gasteiger partial charge in [0.05, 0.1) is 38.9 Å². The van der Waals surface area contributed by atoms with E-state index in [1.165, 1.54) is 36.6 Å². The summed E-state index contributed by atoms with van der Waals surface area (Å²) < 4.78 is 58.5. The summed E-state index contributed by atoms with van der Waals surface area (Å²) >= 11 is 1.20. The molecule has 206 valence electrons. The number of fused-ring (bicyclic) bond motifs is 1. The lowest BCUT2D eigenvalue weighted by Gasteiger charge is -2.31. The molecule has 0 saturated carbocycles. The summed E-state index contributed by atoms with van der Waals surface area (Å²) in [4.78, 5) is 32.4. The van der Waals surface area contributed by atoms with Gasteiger partial charge in [0.25, 0.3) is 11.5 Å². The zero-order valence-electron chi connectivity index (χ0n) is 20.6. The molecule has 3 aromatic rings. The van der Waals surface area contributed by atoms with Crippen LogP contribution in [0.2, 0.25) is 0 Å². The third-order valence-corrected chi connectivity index (χ3v) is 8.03. The number of halogens is 1. The summed E-state index contributed by atoms with van der Waals surface area (Å²) in [6.45, 7) is 0.456. The number of ether oxygens (including phenoxy) is 4. The van der Waals surface area contributed by atoms with Gasteiger partial charge in [-0.05, 0) is 23.1 Å². The fourth-order valence-electron chi connectivity index (χ4n) is 3.72. The maximum atomic E-state index is 13.6. The number of hydrogen-bond acceptors (Lipinski definition) is 11. The van der Waals surface area contributed by atoms with Crippen molar-refractivity contribution in [3.63, 3.8) is 0 Å². The van der Waals surface area contributed by atoms with Gasteiger partial charge >= 0.3 is 0 Å². The van der Waals surface area contributed by atoms with Crippen LogP contribution in [-0.2, 0) is 37.2 Å². The van der Waals surface area contributed by atoms with Crippen molar-refractivity contribution in [3.8, 4) is 5.75 Å². The molecular weight excluding hydrogens is 543 g/mol. The van der Waals surface area contributed by atoms with Crippen molar-refractivity contribution >= 4 is 37.3 Å². The lowest BCUT2D eigenvalue weighted by Crippen LogP contribution is -2.50. The largest absolute Gasteiger partial charge is 0.494 e. The molecule has 1 saturated heterocycles. The highest BCUT2D eigenvalue weighted by atomic mass is 32.2. The van der Waals surface area contributed by atoms with E-state index in [4.69, 9.17) is 24.7 Å². The van der Waals surface area contributed by atoms with Gasteiger partial charge in [-0.2, -0.15) is 0 Å². The first-order valence-electron chi connectivity index (χ1n) is 11.4. The van der Waals surface area contributed by atoms with Gasteiger partial charge in [0.1, 0.15) is 22.4 Å². The minimum atomic E-state index is -3.46. The molecule has 1 fully saturated rings. The molecule has 12 nitrogen and oxygen atoms in total. The number of carbonyl (C=O) groups excluding carboxylic acids is 1. The molecule has 0 radical (unpaired) electrons. The van der Waals surface area contributed by atoms with Crippen molar-refractivity contribution in [3.05, 3.63) is 56.7 Å². The van der Waals surface area contributed by atoms with Gasteiger partial charge < -0.3 is 35.0 Å². The molecule has 3 atom stereocenters. The number of H-pyrrole nitrogens is 1. The molecule has 3 heterocycles. The quantitative estimate of drug-likeness (QED) is 0.315. The van der Waals surface area contributed by atoms with Gasteiger partial charge in [-0.25, -0.2) is 17.8 Å². The van der Waals surface area contributed by atoms with Crippen LogP contribution in [-0.4, -0.2) is 75.1 Å². The Kier molecular flexibility index (Phi) is 8.74. The van der Waals surface area contributed by atoms with Crippen LogP contribution in [0, 0.1) is 5.82 Å². The van der Waals surface area contributed by atoms with Gasteiger partial charge in [0, 0.05) is 18.4 Å². The summed E-state index contributed by atoms with van der Waals surface area (Å²) in [5.41, 5.74) is 6.40. The third kappa shape index (κ3) is 6.54. The van der Waals surface area contributed by atoms with Crippen LogP contribution in [0.3, 0.4) is 0 Å². The number of carbonyl (C=O) groups is 1. The molecule has 1 amide bonds. The average Bonchev–Trinajstić information content (AvgIpc) is 3.31. The average molecular weight is 571 g/mol. The standard InChI is InChI=1S/C23H27FN4O8S2/c1-33-16-5-12(3-4-15(16)24)6-26-22(30)20-27-21(29)18-13(11-37-23(18)28-20)7-34-8-14-9-36-17(10-35-14)19(25)38(2,31)32/h3-5,11,14,17,19H,6-10,25H2,1-2H3,(H,26,30)(H,27,28,29). The summed E-state index contributed by atoms with van der Waals surface area (Å²) in [6, 6.07) is 4.21. The first kappa shape index (κ1) is 28.1. The maximum absolute atomic E-state index is 13.6. The second-order valence-electron chi connectivity index (χ2n) is 8.64. The monoisotopic (exact) mass is 570 g/mol. The number of nitrogens with one attached hydrogen (secondary N) is 2. The normalized spacial score (nSPS) is 18.8. The third-order valence-electron chi connectivity index (χ3n) is 5.82. The number of thiophene rings is 1. The minimum Gasteiger partial charge on any atom is -0.494 e. The molecule has 15 heteroatoms. The first-order chi connectivity index (χ1) is 18.1. The maximum Gasteiger partial charge on any atom is 0.287 e. The Morgan fingerprint density at radius 3 is 2.84 bits per heavy atom. The predicted molar refractivity (Wildman–Crippen MR) is 136 cm³/mol. The van der Waals surface area contributed by atoms with Gasteiger partial charge in [0.2, 0.25) is 5.82 Å². The Balaban J connectivity index is 1.32. The second-order valence-corrected chi connectivity index (χ2v) is 11.7. The van der Waals surface area contributed by atoms with Gasteiger partial charge in [-0.15, -0.1) is 11.3 Å². The molecule has 3 unspecified atom stereocenters. The molecule has 1 aromatic carbocycles. The van der Waals surface area contributed by atoms with Gasteiger partial charge in [-0.3, -0.25) is 9.59 Å². The number of sulfone groups is 1. The smallest absolute Gasteiger partial charge is 0.287 e. The van der Waals surface area contributed by atoms with Gasteiger partial charge in [-0.1, -0.05) is 6.07 Å². The highest BCUT2D eigenvalue weighted by Gasteiger charge is 2.32.